The molecule has 1 unspecified atom stereocenters. The zero-order chi connectivity index (χ0) is 10.8. The van der Waals surface area contributed by atoms with Crippen LogP contribution in [0.4, 0.5) is 0 Å². The first-order valence-corrected chi connectivity index (χ1v) is 5.79. The Morgan fingerprint density at radius 3 is 2.73 bits per heavy atom. The standard InChI is InChI=1S/C11H18N2O2/c1-2-9-11(15)12-7-10(14)13(9)6-5-8-3-4-8/h8-9H,2-7H2,1H3,(H,12,15). The fourth-order valence-corrected chi connectivity index (χ4v) is 2.11. The molecule has 0 aromatic carbocycles. The van der Waals surface area contributed by atoms with Crippen LogP contribution >= 0.6 is 0 Å². The van der Waals surface area contributed by atoms with E-state index in [4.69, 9.17) is 0 Å². The molecule has 2 fully saturated rings. The predicted molar refractivity (Wildman–Crippen MR) is 56.1 cm³/mol. The van der Waals surface area contributed by atoms with E-state index in [2.05, 4.69) is 5.32 Å². The lowest BCUT2D eigenvalue weighted by atomic mass is 10.1. The zero-order valence-electron chi connectivity index (χ0n) is 9.16. The lowest BCUT2D eigenvalue weighted by Gasteiger charge is -2.34. The molecule has 0 radical (unpaired) electrons. The van der Waals surface area contributed by atoms with Gasteiger partial charge in [-0.15, -0.1) is 0 Å². The number of rotatable bonds is 4. The molecule has 1 heterocycles. The molecule has 4 heteroatoms. The number of carbonyl (C=O) groups is 2. The topological polar surface area (TPSA) is 49.4 Å². The fourth-order valence-electron chi connectivity index (χ4n) is 2.11. The third-order valence-electron chi connectivity index (χ3n) is 3.27. The van der Waals surface area contributed by atoms with Gasteiger partial charge in [-0.05, 0) is 18.8 Å². The van der Waals surface area contributed by atoms with Gasteiger partial charge in [0.05, 0.1) is 6.54 Å². The number of carbonyl (C=O) groups excluding carboxylic acids is 2. The van der Waals surface area contributed by atoms with E-state index in [1.54, 1.807) is 4.90 Å². The van der Waals surface area contributed by atoms with E-state index in [-0.39, 0.29) is 24.4 Å². The number of amides is 2. The van der Waals surface area contributed by atoms with E-state index in [9.17, 15) is 9.59 Å². The Morgan fingerprint density at radius 2 is 2.13 bits per heavy atom. The van der Waals surface area contributed by atoms with E-state index >= 15 is 0 Å². The Kier molecular flexibility index (Phi) is 2.93. The van der Waals surface area contributed by atoms with Crippen molar-refractivity contribution in [3.63, 3.8) is 0 Å². The monoisotopic (exact) mass is 210 g/mol. The predicted octanol–water partition coefficient (Wildman–Crippen LogP) is 0.523. The van der Waals surface area contributed by atoms with Crippen LogP contribution in [0.25, 0.3) is 0 Å². The van der Waals surface area contributed by atoms with Crippen LogP contribution in [0.1, 0.15) is 32.6 Å². The van der Waals surface area contributed by atoms with Crippen LogP contribution in [-0.2, 0) is 9.59 Å². The molecular weight excluding hydrogens is 192 g/mol. The molecule has 2 aliphatic rings. The van der Waals surface area contributed by atoms with Crippen molar-refractivity contribution in [1.82, 2.24) is 10.2 Å². The lowest BCUT2D eigenvalue weighted by Crippen LogP contribution is -2.58. The average molecular weight is 210 g/mol. The van der Waals surface area contributed by atoms with Crippen molar-refractivity contribution in [2.24, 2.45) is 5.92 Å². The van der Waals surface area contributed by atoms with Gasteiger partial charge >= 0.3 is 0 Å². The second kappa shape index (κ2) is 4.21. The Bertz CT molecular complexity index is 274. The van der Waals surface area contributed by atoms with Crippen LogP contribution in [0.5, 0.6) is 0 Å². The normalized spacial score (nSPS) is 26.7. The van der Waals surface area contributed by atoms with Crippen LogP contribution in [0.15, 0.2) is 0 Å². The maximum Gasteiger partial charge on any atom is 0.243 e. The summed E-state index contributed by atoms with van der Waals surface area (Å²) in [7, 11) is 0. The van der Waals surface area contributed by atoms with Crippen molar-refractivity contribution < 1.29 is 9.59 Å². The molecule has 1 atom stereocenters. The highest BCUT2D eigenvalue weighted by molar-refractivity contribution is 5.94. The average Bonchev–Trinajstić information content (AvgIpc) is 3.03. The molecule has 0 bridgehead atoms. The summed E-state index contributed by atoms with van der Waals surface area (Å²) in [6.45, 7) is 2.89. The molecule has 1 saturated carbocycles. The van der Waals surface area contributed by atoms with Gasteiger partial charge in [0.25, 0.3) is 0 Å². The van der Waals surface area contributed by atoms with E-state index < -0.39 is 0 Å². The summed E-state index contributed by atoms with van der Waals surface area (Å²) in [4.78, 5) is 25.0. The number of nitrogens with zero attached hydrogens (tertiary/aromatic N) is 1. The molecule has 1 aliphatic carbocycles. The lowest BCUT2D eigenvalue weighted by molar-refractivity contribution is -0.145. The minimum atomic E-state index is -0.231. The van der Waals surface area contributed by atoms with Crippen molar-refractivity contribution in [2.75, 3.05) is 13.1 Å². The number of hydrogen-bond acceptors (Lipinski definition) is 2. The largest absolute Gasteiger partial charge is 0.345 e. The van der Waals surface area contributed by atoms with E-state index in [1.807, 2.05) is 6.92 Å². The van der Waals surface area contributed by atoms with Crippen molar-refractivity contribution in [2.45, 2.75) is 38.6 Å². The molecule has 2 rings (SSSR count). The van der Waals surface area contributed by atoms with Crippen molar-refractivity contribution >= 4 is 11.8 Å². The van der Waals surface area contributed by atoms with Gasteiger partial charge in [0.1, 0.15) is 6.04 Å². The highest BCUT2D eigenvalue weighted by Crippen LogP contribution is 2.32. The van der Waals surface area contributed by atoms with Gasteiger partial charge in [-0.2, -0.15) is 0 Å². The summed E-state index contributed by atoms with van der Waals surface area (Å²) in [6, 6.07) is -0.231. The second-order valence-corrected chi connectivity index (χ2v) is 4.46. The molecule has 2 amide bonds. The van der Waals surface area contributed by atoms with Gasteiger partial charge in [0, 0.05) is 6.54 Å². The van der Waals surface area contributed by atoms with Gasteiger partial charge in [-0.1, -0.05) is 19.8 Å². The zero-order valence-corrected chi connectivity index (χ0v) is 9.16. The summed E-state index contributed by atoms with van der Waals surface area (Å²) in [6.07, 6.45) is 4.37. The number of hydrogen-bond donors (Lipinski definition) is 1. The maximum absolute atomic E-state index is 11.7. The maximum atomic E-state index is 11.7. The minimum absolute atomic E-state index is 0.00731. The third-order valence-corrected chi connectivity index (χ3v) is 3.27. The van der Waals surface area contributed by atoms with Gasteiger partial charge < -0.3 is 10.2 Å². The van der Waals surface area contributed by atoms with Crippen LogP contribution in [-0.4, -0.2) is 35.8 Å². The molecule has 1 N–H and O–H groups in total. The van der Waals surface area contributed by atoms with E-state index in [0.717, 1.165) is 18.9 Å². The van der Waals surface area contributed by atoms with Gasteiger partial charge in [0.2, 0.25) is 11.8 Å². The Morgan fingerprint density at radius 1 is 1.40 bits per heavy atom. The van der Waals surface area contributed by atoms with Crippen LogP contribution < -0.4 is 5.32 Å². The summed E-state index contributed by atoms with van der Waals surface area (Å²) in [5.74, 6) is 0.885. The SMILES string of the molecule is CCC1C(=O)NCC(=O)N1CCC1CC1. The minimum Gasteiger partial charge on any atom is -0.345 e. The molecule has 4 nitrogen and oxygen atoms in total. The number of nitrogens with one attached hydrogen (secondary N) is 1. The van der Waals surface area contributed by atoms with Gasteiger partial charge in [-0.25, -0.2) is 0 Å². The highest BCUT2D eigenvalue weighted by atomic mass is 16.2. The molecule has 0 aromatic rings. The summed E-state index contributed by atoms with van der Waals surface area (Å²) < 4.78 is 0. The molecule has 1 saturated heterocycles. The Labute approximate surface area is 90.0 Å². The van der Waals surface area contributed by atoms with Crippen LogP contribution in [0.2, 0.25) is 0 Å². The quantitative estimate of drug-likeness (QED) is 0.735. The van der Waals surface area contributed by atoms with E-state index in [1.165, 1.54) is 12.8 Å². The van der Waals surface area contributed by atoms with Crippen molar-refractivity contribution in [3.8, 4) is 0 Å². The van der Waals surface area contributed by atoms with Crippen LogP contribution in [0.3, 0.4) is 0 Å². The molecule has 15 heavy (non-hydrogen) atoms. The first-order chi connectivity index (χ1) is 7.22. The molecular formula is C11H18N2O2. The first kappa shape index (κ1) is 10.5. The molecule has 0 aromatic heterocycles. The first-order valence-electron chi connectivity index (χ1n) is 5.79. The van der Waals surface area contributed by atoms with Gasteiger partial charge in [0.15, 0.2) is 0 Å². The number of piperazine rings is 1. The summed E-state index contributed by atoms with van der Waals surface area (Å²) >= 11 is 0. The van der Waals surface area contributed by atoms with Crippen molar-refractivity contribution in [3.05, 3.63) is 0 Å². The van der Waals surface area contributed by atoms with Gasteiger partial charge in [-0.3, -0.25) is 9.59 Å². The Balaban J connectivity index is 1.95. The van der Waals surface area contributed by atoms with E-state index in [0.29, 0.717) is 6.42 Å². The third kappa shape index (κ3) is 2.30. The molecule has 1 aliphatic heterocycles. The Hall–Kier alpha value is -1.06. The fraction of sp³-hybridized carbons (Fsp3) is 0.818. The van der Waals surface area contributed by atoms with Crippen LogP contribution in [0, 0.1) is 5.92 Å². The second-order valence-electron chi connectivity index (χ2n) is 4.46. The highest BCUT2D eigenvalue weighted by Gasteiger charge is 2.33. The summed E-state index contributed by atoms with van der Waals surface area (Å²) in [5.41, 5.74) is 0. The molecule has 84 valence electrons. The summed E-state index contributed by atoms with van der Waals surface area (Å²) in [5, 5.41) is 2.64. The van der Waals surface area contributed by atoms with Crippen molar-refractivity contribution in [1.29, 1.82) is 0 Å². The molecule has 0 spiro atoms. The smallest absolute Gasteiger partial charge is 0.243 e.